The lowest BCUT2D eigenvalue weighted by Gasteiger charge is -2.19. The molecular formula is C10H17N3O7. The van der Waals surface area contributed by atoms with Gasteiger partial charge in [-0.1, -0.05) is 0 Å². The van der Waals surface area contributed by atoms with Gasteiger partial charge in [-0.05, 0) is 6.42 Å². The van der Waals surface area contributed by atoms with E-state index in [2.05, 4.69) is 5.32 Å². The highest BCUT2D eigenvalue weighted by molar-refractivity contribution is 5.91. The Labute approximate surface area is 113 Å². The van der Waals surface area contributed by atoms with Crippen molar-refractivity contribution in [3.8, 4) is 0 Å². The monoisotopic (exact) mass is 291 g/mol. The highest BCUT2D eigenvalue weighted by atomic mass is 16.4. The van der Waals surface area contributed by atoms with E-state index in [0.29, 0.717) is 0 Å². The van der Waals surface area contributed by atoms with Gasteiger partial charge < -0.3 is 31.7 Å². The summed E-state index contributed by atoms with van der Waals surface area (Å²) in [5, 5.41) is 29.8. The maximum Gasteiger partial charge on any atom is 0.322 e. The van der Waals surface area contributed by atoms with Gasteiger partial charge in [0.2, 0.25) is 11.8 Å². The second kappa shape index (κ2) is 8.82. The number of hydrogen-bond donors (Lipinski definition) is 6. The molecule has 0 bridgehead atoms. The summed E-state index contributed by atoms with van der Waals surface area (Å²) in [4.78, 5) is 43.8. The Bertz CT molecular complexity index is 385. The van der Waals surface area contributed by atoms with E-state index >= 15 is 0 Å². The van der Waals surface area contributed by atoms with E-state index < -0.39 is 55.4 Å². The minimum absolute atomic E-state index is 0.231. The summed E-state index contributed by atoms with van der Waals surface area (Å²) in [5.41, 5.74) is 5.24. The van der Waals surface area contributed by atoms with Gasteiger partial charge in [0.1, 0.15) is 18.6 Å². The Kier molecular flexibility index (Phi) is 7.85. The lowest BCUT2D eigenvalue weighted by Crippen LogP contribution is -2.53. The van der Waals surface area contributed by atoms with Gasteiger partial charge in [-0.3, -0.25) is 19.2 Å². The molecule has 0 heterocycles. The molecular weight excluding hydrogens is 274 g/mol. The van der Waals surface area contributed by atoms with E-state index in [1.54, 1.807) is 0 Å². The zero-order valence-corrected chi connectivity index (χ0v) is 10.5. The number of carbonyl (C=O) groups excluding carboxylic acids is 2. The van der Waals surface area contributed by atoms with E-state index in [1.807, 2.05) is 5.32 Å². The highest BCUT2D eigenvalue weighted by Gasteiger charge is 2.24. The molecule has 0 rings (SSSR count). The number of rotatable bonds is 9. The lowest BCUT2D eigenvalue weighted by molar-refractivity contribution is -0.140. The Morgan fingerprint density at radius 1 is 1.05 bits per heavy atom. The van der Waals surface area contributed by atoms with Crippen LogP contribution in [0.15, 0.2) is 0 Å². The third-order valence-electron chi connectivity index (χ3n) is 2.23. The van der Waals surface area contributed by atoms with Gasteiger partial charge >= 0.3 is 11.9 Å². The molecule has 2 amide bonds. The number of hydrogen-bond acceptors (Lipinski definition) is 6. The van der Waals surface area contributed by atoms with Crippen molar-refractivity contribution in [3.05, 3.63) is 0 Å². The number of nitrogens with two attached hydrogens (primary N) is 1. The summed E-state index contributed by atoms with van der Waals surface area (Å²) in [6.45, 7) is -1.31. The Morgan fingerprint density at radius 2 is 1.65 bits per heavy atom. The molecule has 0 radical (unpaired) electrons. The average Bonchev–Trinajstić information content (AvgIpc) is 2.38. The summed E-state index contributed by atoms with van der Waals surface area (Å²) in [5.74, 6) is -4.14. The van der Waals surface area contributed by atoms with Gasteiger partial charge in [-0.25, -0.2) is 0 Å². The number of aliphatic hydroxyl groups excluding tert-OH is 1. The predicted octanol–water partition coefficient (Wildman–Crippen LogP) is -3.14. The summed E-state index contributed by atoms with van der Waals surface area (Å²) in [6, 6.07) is -2.50. The van der Waals surface area contributed by atoms with Crippen LogP contribution in [-0.2, 0) is 19.2 Å². The normalized spacial score (nSPS) is 13.1. The molecule has 0 aliphatic rings. The molecule has 0 aliphatic heterocycles. The topological polar surface area (TPSA) is 179 Å². The molecule has 0 aliphatic carbocycles. The first-order valence-corrected chi connectivity index (χ1v) is 5.66. The number of carboxylic acid groups (broad SMARTS) is 2. The maximum atomic E-state index is 11.6. The molecule has 0 saturated carbocycles. The van der Waals surface area contributed by atoms with Crippen molar-refractivity contribution in [2.24, 2.45) is 5.73 Å². The van der Waals surface area contributed by atoms with Crippen LogP contribution >= 0.6 is 0 Å². The molecule has 0 aromatic rings. The van der Waals surface area contributed by atoms with Crippen molar-refractivity contribution in [1.29, 1.82) is 0 Å². The first-order valence-electron chi connectivity index (χ1n) is 5.66. The lowest BCUT2D eigenvalue weighted by atomic mass is 10.1. The Balaban J connectivity index is 4.62. The number of carboxylic acids is 2. The molecule has 114 valence electrons. The van der Waals surface area contributed by atoms with Gasteiger partial charge in [0.15, 0.2) is 0 Å². The third-order valence-corrected chi connectivity index (χ3v) is 2.23. The molecule has 7 N–H and O–H groups in total. The molecule has 10 heteroatoms. The van der Waals surface area contributed by atoms with Crippen LogP contribution in [0.2, 0.25) is 0 Å². The van der Waals surface area contributed by atoms with Crippen molar-refractivity contribution in [2.75, 3.05) is 13.2 Å². The first kappa shape index (κ1) is 17.8. The van der Waals surface area contributed by atoms with Gasteiger partial charge in [-0.15, -0.1) is 0 Å². The second-order valence-corrected chi connectivity index (χ2v) is 3.89. The summed E-state index contributed by atoms with van der Waals surface area (Å²) in [6.07, 6.45) is -0.634. The third kappa shape index (κ3) is 7.28. The molecule has 0 saturated heterocycles. The standard InChI is InChI=1S/C10H17N3O7/c11-5(4-14)9(19)13-6(1-2-7(15)16)10(20)12-3-8(17)18/h5-6,14H,1-4,11H2,(H,12,20)(H,13,19)(H,15,16)(H,17,18). The molecule has 0 fully saturated rings. The van der Waals surface area contributed by atoms with Crippen LogP contribution in [-0.4, -0.2) is 64.3 Å². The van der Waals surface area contributed by atoms with Crippen LogP contribution in [0.3, 0.4) is 0 Å². The van der Waals surface area contributed by atoms with Crippen molar-refractivity contribution in [2.45, 2.75) is 24.9 Å². The molecule has 20 heavy (non-hydrogen) atoms. The quantitative estimate of drug-likeness (QED) is 0.258. The van der Waals surface area contributed by atoms with Gasteiger partial charge in [0.25, 0.3) is 0 Å². The van der Waals surface area contributed by atoms with Gasteiger partial charge in [0.05, 0.1) is 6.61 Å². The largest absolute Gasteiger partial charge is 0.481 e. The molecule has 2 atom stereocenters. The van der Waals surface area contributed by atoms with Crippen molar-refractivity contribution >= 4 is 23.8 Å². The minimum Gasteiger partial charge on any atom is -0.481 e. The number of aliphatic hydroxyl groups is 1. The molecule has 10 nitrogen and oxygen atoms in total. The van der Waals surface area contributed by atoms with Crippen LogP contribution in [0.1, 0.15) is 12.8 Å². The smallest absolute Gasteiger partial charge is 0.322 e. The van der Waals surface area contributed by atoms with Crippen molar-refractivity contribution < 1.29 is 34.5 Å². The van der Waals surface area contributed by atoms with E-state index in [9.17, 15) is 19.2 Å². The molecule has 2 unspecified atom stereocenters. The van der Waals surface area contributed by atoms with Gasteiger partial charge in [-0.2, -0.15) is 0 Å². The number of nitrogens with one attached hydrogen (secondary N) is 2. The summed E-state index contributed by atoms with van der Waals surface area (Å²) < 4.78 is 0. The maximum absolute atomic E-state index is 11.6. The van der Waals surface area contributed by atoms with Crippen molar-refractivity contribution in [3.63, 3.8) is 0 Å². The van der Waals surface area contributed by atoms with E-state index in [-0.39, 0.29) is 6.42 Å². The molecule has 0 aromatic heterocycles. The van der Waals surface area contributed by atoms with Crippen LogP contribution in [0.25, 0.3) is 0 Å². The minimum atomic E-state index is -1.28. The van der Waals surface area contributed by atoms with Crippen LogP contribution < -0.4 is 16.4 Å². The summed E-state index contributed by atoms with van der Waals surface area (Å²) in [7, 11) is 0. The highest BCUT2D eigenvalue weighted by Crippen LogP contribution is 1.99. The fourth-order valence-electron chi connectivity index (χ4n) is 1.18. The van der Waals surface area contributed by atoms with Gasteiger partial charge in [0, 0.05) is 6.42 Å². The fraction of sp³-hybridized carbons (Fsp3) is 0.600. The van der Waals surface area contributed by atoms with Crippen LogP contribution in [0.5, 0.6) is 0 Å². The molecule has 0 spiro atoms. The predicted molar refractivity (Wildman–Crippen MR) is 64.5 cm³/mol. The second-order valence-electron chi connectivity index (χ2n) is 3.89. The Hall–Kier alpha value is -2.20. The number of aliphatic carboxylic acids is 2. The zero-order valence-electron chi connectivity index (χ0n) is 10.5. The number of carbonyl (C=O) groups is 4. The van der Waals surface area contributed by atoms with Crippen LogP contribution in [0, 0.1) is 0 Å². The number of amides is 2. The van der Waals surface area contributed by atoms with Crippen LogP contribution in [0.4, 0.5) is 0 Å². The fourth-order valence-corrected chi connectivity index (χ4v) is 1.18. The SMILES string of the molecule is NC(CO)C(=O)NC(CCC(=O)O)C(=O)NCC(=O)O. The van der Waals surface area contributed by atoms with E-state index in [4.69, 9.17) is 21.1 Å². The van der Waals surface area contributed by atoms with E-state index in [1.165, 1.54) is 0 Å². The summed E-state index contributed by atoms with van der Waals surface area (Å²) >= 11 is 0. The van der Waals surface area contributed by atoms with E-state index in [0.717, 1.165) is 0 Å². The first-order chi connectivity index (χ1) is 9.27. The molecule has 0 aromatic carbocycles. The average molecular weight is 291 g/mol. The zero-order chi connectivity index (χ0) is 15.7. The Morgan fingerprint density at radius 3 is 2.10 bits per heavy atom. The van der Waals surface area contributed by atoms with Crippen molar-refractivity contribution in [1.82, 2.24) is 10.6 Å².